The molecule has 3 N–H and O–H groups in total. The lowest BCUT2D eigenvalue weighted by molar-refractivity contribution is -0.115. The maximum atomic E-state index is 12.7. The van der Waals surface area contributed by atoms with E-state index < -0.39 is 10.0 Å². The zero-order valence-corrected chi connectivity index (χ0v) is 17.2. The van der Waals surface area contributed by atoms with Gasteiger partial charge < -0.3 is 10.6 Å². The summed E-state index contributed by atoms with van der Waals surface area (Å²) in [4.78, 5) is 26.8. The molecular formula is C21H20N4O4S. The molecule has 0 aliphatic heterocycles. The minimum absolute atomic E-state index is 0.0780. The summed E-state index contributed by atoms with van der Waals surface area (Å²) in [6.45, 7) is 2.77. The highest BCUT2D eigenvalue weighted by atomic mass is 32.2. The largest absolute Gasteiger partial charge is 0.326 e. The molecule has 0 unspecified atom stereocenters. The fraction of sp³-hybridized carbons (Fsp3) is 0.0952. The van der Waals surface area contributed by atoms with E-state index in [1.165, 1.54) is 32.0 Å². The third-order valence-corrected chi connectivity index (χ3v) is 5.35. The van der Waals surface area contributed by atoms with Crippen molar-refractivity contribution in [2.45, 2.75) is 18.7 Å². The van der Waals surface area contributed by atoms with Crippen molar-refractivity contribution in [3.05, 3.63) is 66.7 Å². The van der Waals surface area contributed by atoms with Crippen LogP contribution in [0.1, 0.15) is 13.8 Å². The second-order valence-corrected chi connectivity index (χ2v) is 8.16. The van der Waals surface area contributed by atoms with E-state index in [0.717, 1.165) is 0 Å². The van der Waals surface area contributed by atoms with Crippen LogP contribution in [0.25, 0.3) is 11.3 Å². The Morgan fingerprint density at radius 1 is 0.800 bits per heavy atom. The van der Waals surface area contributed by atoms with Gasteiger partial charge in [0.1, 0.15) is 5.82 Å². The molecular weight excluding hydrogens is 404 g/mol. The van der Waals surface area contributed by atoms with Gasteiger partial charge in [0.25, 0.3) is 10.0 Å². The van der Waals surface area contributed by atoms with Crippen molar-refractivity contribution in [2.75, 3.05) is 15.4 Å². The molecule has 3 aromatic rings. The monoisotopic (exact) mass is 424 g/mol. The molecule has 1 heterocycles. The lowest BCUT2D eigenvalue weighted by Gasteiger charge is -2.11. The highest BCUT2D eigenvalue weighted by Gasteiger charge is 2.15. The van der Waals surface area contributed by atoms with Gasteiger partial charge in [-0.3, -0.25) is 14.3 Å². The topological polar surface area (TPSA) is 117 Å². The van der Waals surface area contributed by atoms with Gasteiger partial charge >= 0.3 is 0 Å². The van der Waals surface area contributed by atoms with Crippen LogP contribution >= 0.6 is 0 Å². The molecule has 0 fully saturated rings. The minimum Gasteiger partial charge on any atom is -0.326 e. The summed E-state index contributed by atoms with van der Waals surface area (Å²) in [6, 6.07) is 17.8. The number of carbonyl (C=O) groups excluding carboxylic acids is 2. The zero-order chi connectivity index (χ0) is 21.7. The number of amides is 2. The summed E-state index contributed by atoms with van der Waals surface area (Å²) >= 11 is 0. The normalized spacial score (nSPS) is 10.9. The number of pyridine rings is 1. The highest BCUT2D eigenvalue weighted by Crippen LogP contribution is 2.23. The SMILES string of the molecule is CC(=O)Nc1cccc(NS(=O)(=O)c2ccc(-c3cccc(NC(C)=O)n3)cc2)c1. The number of benzene rings is 2. The molecule has 3 rings (SSSR count). The number of anilines is 3. The van der Waals surface area contributed by atoms with E-state index >= 15 is 0 Å². The second-order valence-electron chi connectivity index (χ2n) is 6.48. The Morgan fingerprint density at radius 2 is 1.43 bits per heavy atom. The van der Waals surface area contributed by atoms with Crippen molar-refractivity contribution < 1.29 is 18.0 Å². The van der Waals surface area contributed by atoms with Crippen molar-refractivity contribution in [2.24, 2.45) is 0 Å². The smallest absolute Gasteiger partial charge is 0.261 e. The predicted octanol–water partition coefficient (Wildman–Crippen LogP) is 3.47. The summed E-state index contributed by atoms with van der Waals surface area (Å²) < 4.78 is 27.9. The van der Waals surface area contributed by atoms with Crippen LogP contribution in [-0.2, 0) is 19.6 Å². The number of hydrogen-bond donors (Lipinski definition) is 3. The number of nitrogens with one attached hydrogen (secondary N) is 3. The third-order valence-electron chi connectivity index (χ3n) is 3.95. The van der Waals surface area contributed by atoms with E-state index in [9.17, 15) is 18.0 Å². The first-order valence-electron chi connectivity index (χ1n) is 8.98. The molecule has 0 aliphatic rings. The number of nitrogens with zero attached hydrogens (tertiary/aromatic N) is 1. The third kappa shape index (κ3) is 5.42. The van der Waals surface area contributed by atoms with Crippen LogP contribution in [-0.4, -0.2) is 25.2 Å². The average Bonchev–Trinajstić information content (AvgIpc) is 2.67. The van der Waals surface area contributed by atoms with E-state index in [2.05, 4.69) is 20.3 Å². The summed E-state index contributed by atoms with van der Waals surface area (Å²) in [5.41, 5.74) is 2.12. The summed E-state index contributed by atoms with van der Waals surface area (Å²) in [7, 11) is -3.82. The van der Waals surface area contributed by atoms with Crippen LogP contribution in [0.2, 0.25) is 0 Å². The fourth-order valence-electron chi connectivity index (χ4n) is 2.73. The molecule has 2 amide bonds. The Balaban J connectivity index is 1.80. The average molecular weight is 424 g/mol. The Kier molecular flexibility index (Phi) is 6.12. The molecule has 0 atom stereocenters. The lowest BCUT2D eigenvalue weighted by Crippen LogP contribution is -2.13. The Labute approximate surface area is 174 Å². The van der Waals surface area contributed by atoms with Crippen LogP contribution in [0.15, 0.2) is 71.6 Å². The standard InChI is InChI=1S/C21H20N4O4S/c1-14(26)22-17-5-3-6-18(13-17)25-30(28,29)19-11-9-16(10-12-19)20-7-4-8-21(24-20)23-15(2)27/h3-13,25H,1-2H3,(H,22,26)(H,23,24,27). The van der Waals surface area contributed by atoms with E-state index in [1.807, 2.05) is 0 Å². The summed E-state index contributed by atoms with van der Waals surface area (Å²) in [5, 5.41) is 5.22. The van der Waals surface area contributed by atoms with E-state index in [0.29, 0.717) is 28.5 Å². The summed E-state index contributed by atoms with van der Waals surface area (Å²) in [5.74, 6) is -0.0612. The van der Waals surface area contributed by atoms with Crippen molar-refractivity contribution in [1.82, 2.24) is 4.98 Å². The zero-order valence-electron chi connectivity index (χ0n) is 16.3. The van der Waals surface area contributed by atoms with E-state index in [1.54, 1.807) is 48.5 Å². The molecule has 9 heteroatoms. The first-order chi connectivity index (χ1) is 14.2. The molecule has 154 valence electrons. The number of aromatic nitrogens is 1. The molecule has 0 radical (unpaired) electrons. The van der Waals surface area contributed by atoms with Crippen molar-refractivity contribution in [3.63, 3.8) is 0 Å². The molecule has 2 aromatic carbocycles. The van der Waals surface area contributed by atoms with Gasteiger partial charge in [-0.05, 0) is 42.5 Å². The first-order valence-corrected chi connectivity index (χ1v) is 10.5. The van der Waals surface area contributed by atoms with Crippen LogP contribution in [0.4, 0.5) is 17.2 Å². The Bertz CT molecular complexity index is 1190. The van der Waals surface area contributed by atoms with Crippen molar-refractivity contribution >= 4 is 39.0 Å². The van der Waals surface area contributed by atoms with Crippen LogP contribution < -0.4 is 15.4 Å². The van der Waals surface area contributed by atoms with Gasteiger partial charge in [-0.15, -0.1) is 0 Å². The Hall–Kier alpha value is -3.72. The van der Waals surface area contributed by atoms with Crippen LogP contribution in [0.3, 0.4) is 0 Å². The van der Waals surface area contributed by atoms with Gasteiger partial charge in [0, 0.05) is 25.1 Å². The molecule has 0 aliphatic carbocycles. The van der Waals surface area contributed by atoms with Crippen molar-refractivity contribution in [1.29, 1.82) is 0 Å². The Morgan fingerprint density at radius 3 is 2.10 bits per heavy atom. The number of sulfonamides is 1. The summed E-state index contributed by atoms with van der Waals surface area (Å²) in [6.07, 6.45) is 0. The van der Waals surface area contributed by atoms with Crippen molar-refractivity contribution in [3.8, 4) is 11.3 Å². The molecule has 0 bridgehead atoms. The van der Waals surface area contributed by atoms with Gasteiger partial charge in [0.2, 0.25) is 11.8 Å². The maximum absolute atomic E-state index is 12.7. The van der Waals surface area contributed by atoms with Crippen LogP contribution in [0, 0.1) is 0 Å². The fourth-order valence-corrected chi connectivity index (χ4v) is 3.78. The first kappa shape index (κ1) is 21.0. The van der Waals surface area contributed by atoms with Gasteiger partial charge in [-0.1, -0.05) is 24.3 Å². The number of carbonyl (C=O) groups is 2. The van der Waals surface area contributed by atoms with Gasteiger partial charge in [-0.25, -0.2) is 13.4 Å². The maximum Gasteiger partial charge on any atom is 0.261 e. The quantitative estimate of drug-likeness (QED) is 0.560. The second kappa shape index (κ2) is 8.75. The van der Waals surface area contributed by atoms with Gasteiger partial charge in [-0.2, -0.15) is 0 Å². The minimum atomic E-state index is -3.82. The molecule has 0 spiro atoms. The van der Waals surface area contributed by atoms with E-state index in [4.69, 9.17) is 0 Å². The molecule has 1 aromatic heterocycles. The van der Waals surface area contributed by atoms with Gasteiger partial charge in [0.05, 0.1) is 16.3 Å². The molecule has 30 heavy (non-hydrogen) atoms. The molecule has 0 saturated heterocycles. The lowest BCUT2D eigenvalue weighted by atomic mass is 10.1. The number of rotatable bonds is 6. The highest BCUT2D eigenvalue weighted by molar-refractivity contribution is 7.92. The van der Waals surface area contributed by atoms with Gasteiger partial charge in [0.15, 0.2) is 0 Å². The van der Waals surface area contributed by atoms with E-state index in [-0.39, 0.29) is 16.7 Å². The molecule has 0 saturated carbocycles. The van der Waals surface area contributed by atoms with Crippen LogP contribution in [0.5, 0.6) is 0 Å². The molecule has 8 nitrogen and oxygen atoms in total. The number of hydrogen-bond acceptors (Lipinski definition) is 5. The predicted molar refractivity (Wildman–Crippen MR) is 116 cm³/mol.